The number of rotatable bonds is 2. The largest absolute Gasteiger partial charge is 0.355 e. The maximum Gasteiger partial charge on any atom is 0.128 e. The van der Waals surface area contributed by atoms with Crippen LogP contribution < -0.4 is 10.2 Å². The molecule has 1 saturated heterocycles. The van der Waals surface area contributed by atoms with E-state index < -0.39 is 0 Å². The summed E-state index contributed by atoms with van der Waals surface area (Å²) in [6.45, 7) is 4.33. The lowest BCUT2D eigenvalue weighted by Crippen LogP contribution is -2.44. The molecule has 1 aromatic heterocycles. The van der Waals surface area contributed by atoms with E-state index in [1.807, 2.05) is 19.3 Å². The van der Waals surface area contributed by atoms with Crippen molar-refractivity contribution in [2.75, 3.05) is 25.0 Å². The van der Waals surface area contributed by atoms with Gasteiger partial charge in [0.1, 0.15) is 5.82 Å². The summed E-state index contributed by atoms with van der Waals surface area (Å²) in [5, 5.41) is 3.35. The van der Waals surface area contributed by atoms with Gasteiger partial charge in [-0.1, -0.05) is 0 Å². The fourth-order valence-corrected chi connectivity index (χ4v) is 2.11. The van der Waals surface area contributed by atoms with Crippen LogP contribution in [-0.4, -0.2) is 31.2 Å². The van der Waals surface area contributed by atoms with Gasteiger partial charge >= 0.3 is 0 Å². The standard InChI is InChI=1S/C12H19N3/c1-10-5-6-14-12(8-10)15-7-3-4-11(9-15)13-2/h5-6,8,11,13H,3-4,7,9H2,1-2H3/t11-/m0/s1. The number of piperidine rings is 1. The van der Waals surface area contributed by atoms with Crippen LogP contribution in [0.4, 0.5) is 5.82 Å². The molecule has 0 unspecified atom stereocenters. The molecular weight excluding hydrogens is 186 g/mol. The predicted octanol–water partition coefficient (Wildman–Crippen LogP) is 1.58. The first-order valence-corrected chi connectivity index (χ1v) is 5.64. The molecule has 2 rings (SSSR count). The highest BCUT2D eigenvalue weighted by Crippen LogP contribution is 2.18. The molecule has 0 spiro atoms. The molecule has 15 heavy (non-hydrogen) atoms. The first kappa shape index (κ1) is 10.4. The highest BCUT2D eigenvalue weighted by Gasteiger charge is 2.19. The Kier molecular flexibility index (Phi) is 3.21. The minimum atomic E-state index is 0.612. The lowest BCUT2D eigenvalue weighted by atomic mass is 10.1. The number of nitrogens with zero attached hydrogens (tertiary/aromatic N) is 2. The Labute approximate surface area is 91.5 Å². The van der Waals surface area contributed by atoms with Gasteiger partial charge in [0.15, 0.2) is 0 Å². The van der Waals surface area contributed by atoms with E-state index in [1.54, 1.807) is 0 Å². The average molecular weight is 205 g/mol. The molecule has 0 amide bonds. The van der Waals surface area contributed by atoms with Crippen LogP contribution in [-0.2, 0) is 0 Å². The van der Waals surface area contributed by atoms with Crippen LogP contribution in [0.5, 0.6) is 0 Å². The van der Waals surface area contributed by atoms with Gasteiger partial charge in [0, 0.05) is 25.3 Å². The molecule has 2 heterocycles. The first-order chi connectivity index (χ1) is 7.29. The van der Waals surface area contributed by atoms with Crippen molar-refractivity contribution in [3.05, 3.63) is 23.9 Å². The summed E-state index contributed by atoms with van der Waals surface area (Å²) in [6, 6.07) is 4.82. The van der Waals surface area contributed by atoms with E-state index in [0.29, 0.717) is 6.04 Å². The van der Waals surface area contributed by atoms with E-state index in [1.165, 1.54) is 18.4 Å². The molecule has 0 aromatic carbocycles. The van der Waals surface area contributed by atoms with Crippen molar-refractivity contribution < 1.29 is 0 Å². The molecule has 1 N–H and O–H groups in total. The Morgan fingerprint density at radius 2 is 2.40 bits per heavy atom. The predicted molar refractivity (Wildman–Crippen MR) is 63.3 cm³/mol. The van der Waals surface area contributed by atoms with Crippen molar-refractivity contribution >= 4 is 5.82 Å². The topological polar surface area (TPSA) is 28.2 Å². The molecule has 1 aliphatic heterocycles. The lowest BCUT2D eigenvalue weighted by molar-refractivity contribution is 0.447. The van der Waals surface area contributed by atoms with Crippen molar-refractivity contribution in [2.24, 2.45) is 0 Å². The minimum Gasteiger partial charge on any atom is -0.355 e. The second-order valence-electron chi connectivity index (χ2n) is 4.27. The fraction of sp³-hybridized carbons (Fsp3) is 0.583. The maximum absolute atomic E-state index is 4.43. The molecule has 3 nitrogen and oxygen atoms in total. The molecule has 1 fully saturated rings. The third-order valence-electron chi connectivity index (χ3n) is 3.05. The number of hydrogen-bond acceptors (Lipinski definition) is 3. The zero-order valence-corrected chi connectivity index (χ0v) is 9.53. The van der Waals surface area contributed by atoms with Gasteiger partial charge in [-0.05, 0) is 44.5 Å². The number of aromatic nitrogens is 1. The zero-order chi connectivity index (χ0) is 10.7. The molecule has 1 aromatic rings. The molecule has 82 valence electrons. The highest BCUT2D eigenvalue weighted by molar-refractivity contribution is 5.41. The van der Waals surface area contributed by atoms with Crippen LogP contribution in [0.15, 0.2) is 18.3 Å². The number of pyridine rings is 1. The molecule has 0 aliphatic carbocycles. The van der Waals surface area contributed by atoms with Crippen molar-refractivity contribution in [1.29, 1.82) is 0 Å². The number of nitrogens with one attached hydrogen (secondary N) is 1. The quantitative estimate of drug-likeness (QED) is 0.794. The first-order valence-electron chi connectivity index (χ1n) is 5.64. The maximum atomic E-state index is 4.43. The minimum absolute atomic E-state index is 0.612. The van der Waals surface area contributed by atoms with Crippen molar-refractivity contribution in [2.45, 2.75) is 25.8 Å². The summed E-state index contributed by atoms with van der Waals surface area (Å²) < 4.78 is 0. The lowest BCUT2D eigenvalue weighted by Gasteiger charge is -2.33. The van der Waals surface area contributed by atoms with Crippen LogP contribution in [0.2, 0.25) is 0 Å². The van der Waals surface area contributed by atoms with Gasteiger partial charge in [-0.15, -0.1) is 0 Å². The average Bonchev–Trinajstić information content (AvgIpc) is 2.29. The van der Waals surface area contributed by atoms with Gasteiger partial charge in [0.25, 0.3) is 0 Å². The zero-order valence-electron chi connectivity index (χ0n) is 9.53. The number of hydrogen-bond donors (Lipinski definition) is 1. The molecule has 0 bridgehead atoms. The Balaban J connectivity index is 2.09. The van der Waals surface area contributed by atoms with Gasteiger partial charge in [0.05, 0.1) is 0 Å². The summed E-state index contributed by atoms with van der Waals surface area (Å²) in [7, 11) is 2.04. The van der Waals surface area contributed by atoms with E-state index in [-0.39, 0.29) is 0 Å². The third kappa shape index (κ3) is 2.48. The Bertz CT molecular complexity index is 324. The SMILES string of the molecule is CN[C@H]1CCCN(c2cc(C)ccn2)C1. The van der Waals surface area contributed by atoms with Gasteiger partial charge in [-0.3, -0.25) is 0 Å². The number of anilines is 1. The van der Waals surface area contributed by atoms with E-state index in [2.05, 4.69) is 28.2 Å². The van der Waals surface area contributed by atoms with Crippen molar-refractivity contribution in [3.63, 3.8) is 0 Å². The number of aryl methyl sites for hydroxylation is 1. The summed E-state index contributed by atoms with van der Waals surface area (Å²) in [5.41, 5.74) is 1.28. The summed E-state index contributed by atoms with van der Waals surface area (Å²) in [5.74, 6) is 1.12. The van der Waals surface area contributed by atoms with Gasteiger partial charge in [-0.2, -0.15) is 0 Å². The number of likely N-dealkylation sites (N-methyl/N-ethyl adjacent to an activating group) is 1. The monoisotopic (exact) mass is 205 g/mol. The van der Waals surface area contributed by atoms with Crippen molar-refractivity contribution in [1.82, 2.24) is 10.3 Å². The van der Waals surface area contributed by atoms with E-state index >= 15 is 0 Å². The second kappa shape index (κ2) is 4.62. The second-order valence-corrected chi connectivity index (χ2v) is 4.27. The van der Waals surface area contributed by atoms with Gasteiger partial charge in [0.2, 0.25) is 0 Å². The summed E-state index contributed by atoms with van der Waals surface area (Å²) in [4.78, 5) is 6.80. The van der Waals surface area contributed by atoms with E-state index in [4.69, 9.17) is 0 Å². The molecular formula is C12H19N3. The smallest absolute Gasteiger partial charge is 0.128 e. The van der Waals surface area contributed by atoms with Gasteiger partial charge in [-0.25, -0.2) is 4.98 Å². The highest BCUT2D eigenvalue weighted by atomic mass is 15.2. The van der Waals surface area contributed by atoms with Crippen LogP contribution in [0.25, 0.3) is 0 Å². The molecule has 1 atom stereocenters. The molecule has 3 heteroatoms. The Morgan fingerprint density at radius 1 is 1.53 bits per heavy atom. The normalized spacial score (nSPS) is 21.7. The summed E-state index contributed by atoms with van der Waals surface area (Å²) >= 11 is 0. The van der Waals surface area contributed by atoms with Crippen LogP contribution in [0.1, 0.15) is 18.4 Å². The Morgan fingerprint density at radius 3 is 3.13 bits per heavy atom. The fourth-order valence-electron chi connectivity index (χ4n) is 2.11. The summed E-state index contributed by atoms with van der Waals surface area (Å²) in [6.07, 6.45) is 4.42. The third-order valence-corrected chi connectivity index (χ3v) is 3.05. The Hall–Kier alpha value is -1.09. The van der Waals surface area contributed by atoms with Crippen molar-refractivity contribution in [3.8, 4) is 0 Å². The van der Waals surface area contributed by atoms with E-state index in [9.17, 15) is 0 Å². The van der Waals surface area contributed by atoms with Crippen LogP contribution >= 0.6 is 0 Å². The van der Waals surface area contributed by atoms with Crippen LogP contribution in [0, 0.1) is 6.92 Å². The molecule has 0 radical (unpaired) electrons. The molecule has 1 aliphatic rings. The van der Waals surface area contributed by atoms with E-state index in [0.717, 1.165) is 18.9 Å². The molecule has 0 saturated carbocycles. The van der Waals surface area contributed by atoms with Gasteiger partial charge < -0.3 is 10.2 Å². The van der Waals surface area contributed by atoms with Crippen LogP contribution in [0.3, 0.4) is 0 Å².